The fraction of sp³-hybridized carbons (Fsp3) is 0.263. The summed E-state index contributed by atoms with van der Waals surface area (Å²) in [6, 6.07) is 13.1. The normalized spacial score (nSPS) is 11.6. The van der Waals surface area contributed by atoms with E-state index < -0.39 is 0 Å². The second kappa shape index (κ2) is 8.64. The van der Waals surface area contributed by atoms with Crippen LogP contribution in [0.1, 0.15) is 41.4 Å². The van der Waals surface area contributed by atoms with E-state index in [-0.39, 0.29) is 18.6 Å². The maximum absolute atomic E-state index is 12.1. The number of halogens is 1. The van der Waals surface area contributed by atoms with Gasteiger partial charge in [-0.3, -0.25) is 9.59 Å². The van der Waals surface area contributed by atoms with E-state index >= 15 is 0 Å². The molecular formula is C19H20BrNO3. The molecular weight excluding hydrogens is 370 g/mol. The molecule has 5 heteroatoms. The number of hydrogen-bond donors (Lipinski definition) is 1. The van der Waals surface area contributed by atoms with Crippen LogP contribution in [0.15, 0.2) is 46.9 Å². The second-order valence-electron chi connectivity index (χ2n) is 5.47. The first-order valence-electron chi connectivity index (χ1n) is 7.79. The Bertz CT molecular complexity index is 713. The van der Waals surface area contributed by atoms with Crippen molar-refractivity contribution in [3.63, 3.8) is 0 Å². The number of nitrogens with one attached hydrogen (secondary N) is 1. The lowest BCUT2D eigenvalue weighted by Crippen LogP contribution is -2.31. The predicted octanol–water partition coefficient (Wildman–Crippen LogP) is 4.08. The average Bonchev–Trinajstić information content (AvgIpc) is 2.60. The molecule has 1 amide bonds. The van der Waals surface area contributed by atoms with Gasteiger partial charge in [0.2, 0.25) is 0 Å². The van der Waals surface area contributed by atoms with Crippen molar-refractivity contribution >= 4 is 28.1 Å². The monoisotopic (exact) mass is 389 g/mol. The Morgan fingerprint density at radius 3 is 2.58 bits per heavy atom. The summed E-state index contributed by atoms with van der Waals surface area (Å²) in [4.78, 5) is 23.1. The van der Waals surface area contributed by atoms with Gasteiger partial charge in [-0.05, 0) is 42.7 Å². The highest BCUT2D eigenvalue weighted by molar-refractivity contribution is 9.10. The van der Waals surface area contributed by atoms with Gasteiger partial charge in [0.05, 0.1) is 11.6 Å². The smallest absolute Gasteiger partial charge is 0.258 e. The largest absolute Gasteiger partial charge is 0.483 e. The van der Waals surface area contributed by atoms with Crippen molar-refractivity contribution in [2.24, 2.45) is 0 Å². The first-order chi connectivity index (χ1) is 11.5. The van der Waals surface area contributed by atoms with Crippen molar-refractivity contribution in [2.45, 2.75) is 26.3 Å². The van der Waals surface area contributed by atoms with E-state index in [0.29, 0.717) is 17.6 Å². The molecule has 0 fully saturated rings. The summed E-state index contributed by atoms with van der Waals surface area (Å²) in [5.74, 6) is 0.158. The molecule has 1 atom stereocenters. The Hall–Kier alpha value is -2.14. The first-order valence-corrected chi connectivity index (χ1v) is 8.58. The lowest BCUT2D eigenvalue weighted by atomic mass is 10.1. The van der Waals surface area contributed by atoms with E-state index in [1.54, 1.807) is 18.2 Å². The summed E-state index contributed by atoms with van der Waals surface area (Å²) < 4.78 is 6.24. The van der Waals surface area contributed by atoms with Crippen LogP contribution in [-0.2, 0) is 11.2 Å². The van der Waals surface area contributed by atoms with E-state index in [9.17, 15) is 9.59 Å². The van der Waals surface area contributed by atoms with Crippen LogP contribution in [0, 0.1) is 0 Å². The van der Waals surface area contributed by atoms with Crippen molar-refractivity contribution in [3.05, 3.63) is 63.6 Å². The number of aldehydes is 1. The minimum absolute atomic E-state index is 0.109. The third kappa shape index (κ3) is 4.93. The van der Waals surface area contributed by atoms with Gasteiger partial charge in [-0.2, -0.15) is 0 Å². The number of carbonyl (C=O) groups is 2. The standard InChI is InChI=1S/C19H20BrNO3/c1-3-14-4-6-15(7-5-14)13(2)21-19(23)12-24-18-9-8-17(20)10-16(18)11-22/h4-11,13H,3,12H2,1-2H3,(H,21,23). The van der Waals surface area contributed by atoms with Crippen LogP contribution in [0.4, 0.5) is 0 Å². The van der Waals surface area contributed by atoms with E-state index in [4.69, 9.17) is 4.74 Å². The number of benzene rings is 2. The average molecular weight is 390 g/mol. The highest BCUT2D eigenvalue weighted by Crippen LogP contribution is 2.21. The maximum atomic E-state index is 12.1. The molecule has 0 saturated heterocycles. The summed E-state index contributed by atoms with van der Waals surface area (Å²) in [5.41, 5.74) is 2.70. The molecule has 2 rings (SSSR count). The Kier molecular flexibility index (Phi) is 6.55. The molecule has 0 spiro atoms. The zero-order valence-electron chi connectivity index (χ0n) is 13.7. The van der Waals surface area contributed by atoms with Crippen molar-refractivity contribution in [2.75, 3.05) is 6.61 Å². The lowest BCUT2D eigenvalue weighted by molar-refractivity contribution is -0.123. The zero-order valence-corrected chi connectivity index (χ0v) is 15.3. The summed E-state index contributed by atoms with van der Waals surface area (Å²) in [6.07, 6.45) is 1.69. The quantitative estimate of drug-likeness (QED) is 0.725. The van der Waals surface area contributed by atoms with Gasteiger partial charge < -0.3 is 10.1 Å². The van der Waals surface area contributed by atoms with Gasteiger partial charge in [-0.25, -0.2) is 0 Å². The lowest BCUT2D eigenvalue weighted by Gasteiger charge is -2.15. The number of rotatable bonds is 7. The molecule has 0 heterocycles. The molecule has 0 bridgehead atoms. The maximum Gasteiger partial charge on any atom is 0.258 e. The molecule has 0 radical (unpaired) electrons. The molecule has 0 aliphatic carbocycles. The fourth-order valence-corrected chi connectivity index (χ4v) is 2.67. The van der Waals surface area contributed by atoms with Crippen LogP contribution in [0.3, 0.4) is 0 Å². The molecule has 0 aliphatic rings. The Balaban J connectivity index is 1.91. The van der Waals surface area contributed by atoms with Gasteiger partial charge in [0.15, 0.2) is 12.9 Å². The van der Waals surface area contributed by atoms with E-state index in [1.165, 1.54) is 5.56 Å². The predicted molar refractivity (Wildman–Crippen MR) is 97.4 cm³/mol. The second-order valence-corrected chi connectivity index (χ2v) is 6.39. The molecule has 4 nitrogen and oxygen atoms in total. The van der Waals surface area contributed by atoms with Gasteiger partial charge in [0, 0.05) is 4.47 Å². The SMILES string of the molecule is CCc1ccc(C(C)NC(=O)COc2ccc(Br)cc2C=O)cc1. The number of carbonyl (C=O) groups excluding carboxylic acids is 2. The summed E-state index contributed by atoms with van der Waals surface area (Å²) in [5, 5.41) is 2.89. The number of ether oxygens (including phenoxy) is 1. The third-order valence-electron chi connectivity index (χ3n) is 3.72. The molecule has 2 aromatic rings. The van der Waals surface area contributed by atoms with Gasteiger partial charge in [0.1, 0.15) is 5.75 Å². The number of hydrogen-bond acceptors (Lipinski definition) is 3. The fourth-order valence-electron chi connectivity index (χ4n) is 2.29. The molecule has 2 aromatic carbocycles. The minimum atomic E-state index is -0.234. The molecule has 1 unspecified atom stereocenters. The number of amides is 1. The zero-order chi connectivity index (χ0) is 17.5. The van der Waals surface area contributed by atoms with E-state index in [2.05, 4.69) is 40.3 Å². The summed E-state index contributed by atoms with van der Waals surface area (Å²) in [6.45, 7) is 3.89. The number of aryl methyl sites for hydroxylation is 1. The summed E-state index contributed by atoms with van der Waals surface area (Å²) >= 11 is 3.29. The van der Waals surface area contributed by atoms with Gasteiger partial charge in [-0.15, -0.1) is 0 Å². The molecule has 126 valence electrons. The van der Waals surface area contributed by atoms with Crippen LogP contribution < -0.4 is 10.1 Å². The Morgan fingerprint density at radius 2 is 1.96 bits per heavy atom. The van der Waals surface area contributed by atoms with Crippen molar-refractivity contribution in [1.82, 2.24) is 5.32 Å². The van der Waals surface area contributed by atoms with Crippen LogP contribution in [0.2, 0.25) is 0 Å². The first kappa shape index (κ1) is 18.2. The van der Waals surface area contributed by atoms with Crippen LogP contribution in [-0.4, -0.2) is 18.8 Å². The van der Waals surface area contributed by atoms with Crippen LogP contribution >= 0.6 is 15.9 Å². The highest BCUT2D eigenvalue weighted by atomic mass is 79.9. The molecule has 24 heavy (non-hydrogen) atoms. The molecule has 0 aliphatic heterocycles. The van der Waals surface area contributed by atoms with E-state index in [1.807, 2.05) is 19.1 Å². The van der Waals surface area contributed by atoms with Gasteiger partial charge in [0.25, 0.3) is 5.91 Å². The van der Waals surface area contributed by atoms with Gasteiger partial charge in [-0.1, -0.05) is 47.1 Å². The van der Waals surface area contributed by atoms with E-state index in [0.717, 1.165) is 16.5 Å². The van der Waals surface area contributed by atoms with Crippen LogP contribution in [0.5, 0.6) is 5.75 Å². The Morgan fingerprint density at radius 1 is 1.25 bits per heavy atom. The summed E-state index contributed by atoms with van der Waals surface area (Å²) in [7, 11) is 0. The van der Waals surface area contributed by atoms with Crippen molar-refractivity contribution < 1.29 is 14.3 Å². The molecule has 0 aromatic heterocycles. The van der Waals surface area contributed by atoms with Crippen molar-refractivity contribution in [3.8, 4) is 5.75 Å². The Labute approximate surface area is 150 Å². The minimum Gasteiger partial charge on any atom is -0.483 e. The van der Waals surface area contributed by atoms with Gasteiger partial charge >= 0.3 is 0 Å². The third-order valence-corrected chi connectivity index (χ3v) is 4.22. The molecule has 1 N–H and O–H groups in total. The van der Waals surface area contributed by atoms with Crippen LogP contribution in [0.25, 0.3) is 0 Å². The van der Waals surface area contributed by atoms with Crippen molar-refractivity contribution in [1.29, 1.82) is 0 Å². The molecule has 0 saturated carbocycles. The highest BCUT2D eigenvalue weighted by Gasteiger charge is 2.11. The topological polar surface area (TPSA) is 55.4 Å².